The summed E-state index contributed by atoms with van der Waals surface area (Å²) in [4.78, 5) is 24.4. The Kier molecular flexibility index (Phi) is 13.9. The highest BCUT2D eigenvalue weighted by atomic mass is 33.1. The molecule has 6 rings (SSSR count). The van der Waals surface area contributed by atoms with Gasteiger partial charge in [-0.3, -0.25) is 9.59 Å². The number of rotatable bonds is 17. The molecule has 0 atom stereocenters. The molecular weight excluding hydrogens is 864 g/mol. The van der Waals surface area contributed by atoms with Gasteiger partial charge in [0.25, 0.3) is 0 Å². The minimum atomic E-state index is -4.71. The van der Waals surface area contributed by atoms with Crippen molar-refractivity contribution < 1.29 is 53.6 Å². The second-order valence-corrected chi connectivity index (χ2v) is 19.8. The first-order valence-corrected chi connectivity index (χ1v) is 23.8. The summed E-state index contributed by atoms with van der Waals surface area (Å²) in [5, 5.41) is 7.88. The molecule has 0 N–H and O–H groups in total. The molecule has 0 aliphatic carbocycles. The number of nitrogens with zero attached hydrogens (tertiary/aromatic N) is 3. The van der Waals surface area contributed by atoms with E-state index in [1.807, 2.05) is 37.3 Å². The van der Waals surface area contributed by atoms with Gasteiger partial charge in [0, 0.05) is 22.6 Å². The Morgan fingerprint density at radius 1 is 0.700 bits per heavy atom. The Morgan fingerprint density at radius 3 is 1.75 bits per heavy atom. The van der Waals surface area contributed by atoms with Gasteiger partial charge in [-0.15, -0.1) is 0 Å². The zero-order valence-electron chi connectivity index (χ0n) is 31.9. The molecule has 0 saturated heterocycles. The number of hydrogen-bond acceptors (Lipinski definition) is 13. The zero-order chi connectivity index (χ0) is 43.1. The first kappa shape index (κ1) is 44.2. The van der Waals surface area contributed by atoms with Crippen molar-refractivity contribution in [2.24, 2.45) is 0 Å². The second kappa shape index (κ2) is 18.9. The average molecular weight is 900 g/mol. The van der Waals surface area contributed by atoms with Crippen molar-refractivity contribution in [3.63, 3.8) is 0 Å². The van der Waals surface area contributed by atoms with Crippen LogP contribution in [0.4, 0.5) is 13.2 Å². The topological polar surface area (TPSA) is 165 Å². The Labute approximate surface area is 351 Å². The molecule has 2 aromatic heterocycles. The number of ether oxygens (including phenoxy) is 2. The molecule has 19 heteroatoms. The van der Waals surface area contributed by atoms with E-state index in [9.17, 15) is 39.6 Å². The minimum Gasteiger partial charge on any atom is -0.464 e. The fourth-order valence-electron chi connectivity index (χ4n) is 5.83. The van der Waals surface area contributed by atoms with E-state index in [2.05, 4.69) is 10.3 Å². The molecule has 0 amide bonds. The monoisotopic (exact) mass is 899 g/mol. The van der Waals surface area contributed by atoms with Gasteiger partial charge >= 0.3 is 18.1 Å². The molecule has 6 aromatic rings. The molecule has 0 spiro atoms. The van der Waals surface area contributed by atoms with E-state index in [1.165, 1.54) is 58.0 Å². The van der Waals surface area contributed by atoms with E-state index < -0.39 is 55.0 Å². The fourth-order valence-corrected chi connectivity index (χ4v) is 9.71. The molecular formula is C41H36F3N3O9S4. The summed E-state index contributed by atoms with van der Waals surface area (Å²) in [6.45, 7) is 3.44. The predicted octanol–water partition coefficient (Wildman–Crippen LogP) is 8.21. The Balaban J connectivity index is 0.906. The number of alkyl halides is 3. The minimum absolute atomic E-state index is 0.0566. The summed E-state index contributed by atoms with van der Waals surface area (Å²) in [6.07, 6.45) is -4.71. The molecule has 0 saturated carbocycles. The van der Waals surface area contributed by atoms with Crippen molar-refractivity contribution in [2.75, 3.05) is 36.2 Å². The van der Waals surface area contributed by atoms with E-state index in [-0.39, 0.29) is 40.1 Å². The average Bonchev–Trinajstić information content (AvgIpc) is 3.84. The standard InChI is InChI=1S/C41H36F3N3O9S4/c1-27-8-10-29(11-9-27)35-24-36(41(42,43)44)45-47(35)32-14-18-34(19-15-32)60(52,53)26-38(49)55-21-23-58-57-22-20-54-37(48)25-59(50,51)33-16-12-31(13-17-33)40-39(28(2)56-46-40)30-6-4-3-5-7-30/h3-19,24H,20-23,25-26H2,1-2H3. The van der Waals surface area contributed by atoms with Crippen LogP contribution in [0.25, 0.3) is 39.3 Å². The zero-order valence-corrected chi connectivity index (χ0v) is 35.2. The van der Waals surface area contributed by atoms with Gasteiger partial charge in [0.05, 0.1) is 26.7 Å². The highest BCUT2D eigenvalue weighted by Crippen LogP contribution is 2.35. The molecule has 0 aliphatic rings. The van der Waals surface area contributed by atoms with Gasteiger partial charge in [-0.1, -0.05) is 99.0 Å². The fraction of sp³-hybridized carbons (Fsp3) is 0.220. The number of carbonyl (C=O) groups is 2. The lowest BCUT2D eigenvalue weighted by Gasteiger charge is -2.10. The molecule has 2 heterocycles. The van der Waals surface area contributed by atoms with Crippen molar-refractivity contribution in [1.29, 1.82) is 0 Å². The van der Waals surface area contributed by atoms with Crippen molar-refractivity contribution in [2.45, 2.75) is 29.8 Å². The van der Waals surface area contributed by atoms with E-state index >= 15 is 0 Å². The number of esters is 2. The third-order valence-corrected chi connectivity index (χ3v) is 14.3. The second-order valence-electron chi connectivity index (χ2n) is 13.1. The quantitative estimate of drug-likeness (QED) is 0.0489. The molecule has 4 aromatic carbocycles. The van der Waals surface area contributed by atoms with Crippen molar-refractivity contribution in [1.82, 2.24) is 14.9 Å². The number of sulfone groups is 2. The lowest BCUT2D eigenvalue weighted by atomic mass is 10.00. The molecule has 0 unspecified atom stereocenters. The van der Waals surface area contributed by atoms with Crippen molar-refractivity contribution in [3.05, 3.63) is 126 Å². The SMILES string of the molecule is Cc1ccc(-c2cc(C(F)(F)F)nn2-c2ccc(S(=O)(=O)CC(=O)OCCSSCCOC(=O)CS(=O)(=O)c3ccc(-c4noc(C)c4-c4ccccc4)cc3)cc2)cc1. The van der Waals surface area contributed by atoms with Crippen molar-refractivity contribution >= 4 is 53.2 Å². The Hall–Kier alpha value is -5.37. The molecule has 60 heavy (non-hydrogen) atoms. The maximum atomic E-state index is 13.6. The molecule has 0 bridgehead atoms. The highest BCUT2D eigenvalue weighted by Gasteiger charge is 2.35. The van der Waals surface area contributed by atoms with Crippen LogP contribution in [0.5, 0.6) is 0 Å². The largest absolute Gasteiger partial charge is 0.464 e. The van der Waals surface area contributed by atoms with Crippen LogP contribution in [0.3, 0.4) is 0 Å². The van der Waals surface area contributed by atoms with Crippen LogP contribution >= 0.6 is 21.6 Å². The van der Waals surface area contributed by atoms with E-state index in [0.717, 1.165) is 27.4 Å². The summed E-state index contributed by atoms with van der Waals surface area (Å²) >= 11 is 0. The Morgan fingerprint density at radius 2 is 1.22 bits per heavy atom. The predicted molar refractivity (Wildman–Crippen MR) is 222 cm³/mol. The van der Waals surface area contributed by atoms with Gasteiger partial charge in [-0.2, -0.15) is 18.3 Å². The van der Waals surface area contributed by atoms with Gasteiger partial charge in [-0.25, -0.2) is 21.5 Å². The molecule has 314 valence electrons. The summed E-state index contributed by atoms with van der Waals surface area (Å²) < 4.78 is 109. The summed E-state index contributed by atoms with van der Waals surface area (Å²) in [5.74, 6) is -2.54. The van der Waals surface area contributed by atoms with Gasteiger partial charge in [0.1, 0.15) is 24.7 Å². The number of carbonyl (C=O) groups excluding carboxylic acids is 2. The maximum Gasteiger partial charge on any atom is 0.435 e. The van der Waals surface area contributed by atoms with Crippen LogP contribution in [0.15, 0.2) is 124 Å². The molecule has 0 radical (unpaired) electrons. The first-order valence-electron chi connectivity index (χ1n) is 18.0. The summed E-state index contributed by atoms with van der Waals surface area (Å²) in [5.41, 5.74) is 3.49. The van der Waals surface area contributed by atoms with Gasteiger partial charge in [-0.05, 0) is 61.9 Å². The van der Waals surface area contributed by atoms with Gasteiger partial charge in [0.2, 0.25) is 0 Å². The third kappa shape index (κ3) is 11.1. The highest BCUT2D eigenvalue weighted by molar-refractivity contribution is 8.76. The number of halogens is 3. The summed E-state index contributed by atoms with van der Waals surface area (Å²) in [7, 11) is -5.62. The lowest BCUT2D eigenvalue weighted by Crippen LogP contribution is -2.20. The smallest absolute Gasteiger partial charge is 0.435 e. The third-order valence-electron chi connectivity index (χ3n) is 8.76. The summed E-state index contributed by atoms with van der Waals surface area (Å²) in [6, 6.07) is 28.2. The van der Waals surface area contributed by atoms with E-state index in [1.54, 1.807) is 43.3 Å². The molecule has 0 aliphatic heterocycles. The van der Waals surface area contributed by atoms with Crippen LogP contribution < -0.4 is 0 Å². The molecule has 0 fully saturated rings. The van der Waals surface area contributed by atoms with Gasteiger partial charge in [0.15, 0.2) is 36.9 Å². The van der Waals surface area contributed by atoms with Crippen LogP contribution in [0, 0.1) is 13.8 Å². The number of hydrogen-bond donors (Lipinski definition) is 0. The van der Waals surface area contributed by atoms with E-state index in [0.29, 0.717) is 28.3 Å². The lowest BCUT2D eigenvalue weighted by molar-refractivity contribution is -0.141. The first-order chi connectivity index (χ1) is 28.5. The van der Waals surface area contributed by atoms with Crippen LogP contribution in [-0.4, -0.2) is 79.9 Å². The number of aromatic nitrogens is 3. The van der Waals surface area contributed by atoms with Gasteiger partial charge < -0.3 is 14.0 Å². The van der Waals surface area contributed by atoms with E-state index in [4.69, 9.17) is 14.0 Å². The number of benzene rings is 4. The van der Waals surface area contributed by atoms with Crippen LogP contribution in [-0.2, 0) is 44.9 Å². The van der Waals surface area contributed by atoms with Crippen molar-refractivity contribution in [3.8, 4) is 39.3 Å². The number of aryl methyl sites for hydroxylation is 2. The maximum absolute atomic E-state index is 13.6. The normalized spacial score (nSPS) is 12.0. The van der Waals surface area contributed by atoms with Crippen LogP contribution in [0.2, 0.25) is 0 Å². The Bertz CT molecular complexity index is 2670. The molecule has 12 nitrogen and oxygen atoms in total. The van der Waals surface area contributed by atoms with Crippen LogP contribution in [0.1, 0.15) is 17.0 Å².